The Morgan fingerprint density at radius 3 is 2.52 bits per heavy atom. The number of para-hydroxylation sites is 1. The van der Waals surface area contributed by atoms with Gasteiger partial charge in [-0.25, -0.2) is 4.98 Å². The molecule has 0 bridgehead atoms. The second kappa shape index (κ2) is 5.85. The summed E-state index contributed by atoms with van der Waals surface area (Å²) in [6.45, 7) is 2.01. The zero-order valence-electron chi connectivity index (χ0n) is 16.1. The van der Waals surface area contributed by atoms with Gasteiger partial charge in [0.1, 0.15) is 17.2 Å². The Balaban J connectivity index is 1.88. The predicted molar refractivity (Wildman–Crippen MR) is 117 cm³/mol. The average Bonchev–Trinajstić information content (AvgIpc) is 3.28. The molecule has 0 saturated heterocycles. The number of hydrogen-bond donors (Lipinski definition) is 0. The average molecular weight is 378 g/mol. The lowest BCUT2D eigenvalue weighted by Gasteiger charge is -2.08. The molecule has 3 heterocycles. The lowest BCUT2D eigenvalue weighted by atomic mass is 10.1. The van der Waals surface area contributed by atoms with Gasteiger partial charge in [-0.1, -0.05) is 30.3 Å². The molecule has 0 radical (unpaired) electrons. The number of aromatic nitrogens is 2. The van der Waals surface area contributed by atoms with Gasteiger partial charge in [0.2, 0.25) is 0 Å². The molecule has 0 amide bonds. The molecule has 6 aromatic rings. The van der Waals surface area contributed by atoms with Crippen molar-refractivity contribution < 1.29 is 9.15 Å². The lowest BCUT2D eigenvalue weighted by Crippen LogP contribution is -1.98. The first-order valence-corrected chi connectivity index (χ1v) is 9.61. The first-order valence-electron chi connectivity index (χ1n) is 9.61. The highest BCUT2D eigenvalue weighted by Crippen LogP contribution is 2.40. The topological polar surface area (TPSA) is 40.2 Å². The van der Waals surface area contributed by atoms with Crippen LogP contribution >= 0.6 is 0 Å². The molecule has 0 fully saturated rings. The molecular weight excluding hydrogens is 360 g/mol. The zero-order chi connectivity index (χ0) is 19.5. The van der Waals surface area contributed by atoms with Gasteiger partial charge in [0, 0.05) is 33.3 Å². The summed E-state index contributed by atoms with van der Waals surface area (Å²) < 4.78 is 14.1. The van der Waals surface area contributed by atoms with Crippen LogP contribution in [0.5, 0.6) is 5.75 Å². The first-order chi connectivity index (χ1) is 14.2. The molecule has 0 N–H and O–H groups in total. The summed E-state index contributed by atoms with van der Waals surface area (Å²) in [4.78, 5) is 4.81. The number of methoxy groups -OCH3 is 1. The second-order valence-corrected chi connectivity index (χ2v) is 7.29. The Labute approximate surface area is 166 Å². The minimum absolute atomic E-state index is 0.815. The van der Waals surface area contributed by atoms with E-state index < -0.39 is 0 Å². The standard InChI is InChI=1S/C25H18N2O2/c1-15-6-5-9-23(26-15)27-21-14-16(28-2)10-11-17(21)19-12-13-20-18-7-3-4-8-22(18)29-25(20)24(19)27/h3-14H,1-2H3. The molecule has 3 aromatic heterocycles. The van der Waals surface area contributed by atoms with Crippen LogP contribution in [0.4, 0.5) is 0 Å². The van der Waals surface area contributed by atoms with Crippen LogP contribution in [-0.2, 0) is 0 Å². The Bertz CT molecular complexity index is 1560. The normalized spacial score (nSPS) is 11.8. The third-order valence-corrected chi connectivity index (χ3v) is 5.58. The van der Waals surface area contributed by atoms with Crippen LogP contribution in [-0.4, -0.2) is 16.7 Å². The number of benzene rings is 3. The van der Waals surface area contributed by atoms with E-state index in [0.29, 0.717) is 0 Å². The fourth-order valence-electron chi connectivity index (χ4n) is 4.28. The molecule has 0 aliphatic rings. The van der Waals surface area contributed by atoms with Crippen molar-refractivity contribution in [2.24, 2.45) is 0 Å². The van der Waals surface area contributed by atoms with E-state index in [1.54, 1.807) is 7.11 Å². The van der Waals surface area contributed by atoms with Gasteiger partial charge in [0.15, 0.2) is 5.58 Å². The van der Waals surface area contributed by atoms with E-state index in [1.807, 2.05) is 49.4 Å². The highest BCUT2D eigenvalue weighted by Gasteiger charge is 2.19. The maximum Gasteiger partial charge on any atom is 0.160 e. The highest BCUT2D eigenvalue weighted by atomic mass is 16.5. The van der Waals surface area contributed by atoms with Gasteiger partial charge < -0.3 is 9.15 Å². The largest absolute Gasteiger partial charge is 0.497 e. The third kappa shape index (κ3) is 2.23. The number of rotatable bonds is 2. The minimum Gasteiger partial charge on any atom is -0.497 e. The molecule has 3 aromatic carbocycles. The van der Waals surface area contributed by atoms with Crippen LogP contribution in [0, 0.1) is 6.92 Å². The van der Waals surface area contributed by atoms with Gasteiger partial charge in [0.25, 0.3) is 0 Å². The molecule has 140 valence electrons. The zero-order valence-corrected chi connectivity index (χ0v) is 16.1. The summed E-state index contributed by atoms with van der Waals surface area (Å²) in [6.07, 6.45) is 0. The van der Waals surface area contributed by atoms with Crippen LogP contribution < -0.4 is 4.74 Å². The first kappa shape index (κ1) is 16.2. The SMILES string of the molecule is COc1ccc2c3ccc4c5ccccc5oc4c3n(-c3cccc(C)n3)c2c1. The number of pyridine rings is 1. The van der Waals surface area contributed by atoms with E-state index in [0.717, 1.165) is 61.0 Å². The van der Waals surface area contributed by atoms with Crippen LogP contribution in [0.25, 0.3) is 49.6 Å². The molecule has 0 saturated carbocycles. The van der Waals surface area contributed by atoms with E-state index in [2.05, 4.69) is 34.9 Å². The van der Waals surface area contributed by atoms with Gasteiger partial charge >= 0.3 is 0 Å². The number of nitrogens with zero attached hydrogens (tertiary/aromatic N) is 2. The monoisotopic (exact) mass is 378 g/mol. The third-order valence-electron chi connectivity index (χ3n) is 5.58. The maximum absolute atomic E-state index is 6.36. The molecule has 6 rings (SSSR count). The van der Waals surface area contributed by atoms with E-state index >= 15 is 0 Å². The molecule has 0 atom stereocenters. The van der Waals surface area contributed by atoms with Gasteiger partial charge in [-0.3, -0.25) is 4.57 Å². The predicted octanol–water partition coefficient (Wildman–Crippen LogP) is 6.40. The Morgan fingerprint density at radius 2 is 1.66 bits per heavy atom. The lowest BCUT2D eigenvalue weighted by molar-refractivity contribution is 0.415. The van der Waals surface area contributed by atoms with E-state index in [1.165, 1.54) is 0 Å². The van der Waals surface area contributed by atoms with Gasteiger partial charge in [0.05, 0.1) is 18.1 Å². The van der Waals surface area contributed by atoms with Crippen molar-refractivity contribution >= 4 is 43.7 Å². The quantitative estimate of drug-likeness (QED) is 0.350. The highest BCUT2D eigenvalue weighted by molar-refractivity contribution is 6.21. The maximum atomic E-state index is 6.36. The summed E-state index contributed by atoms with van der Waals surface area (Å²) in [5, 5.41) is 4.51. The fourth-order valence-corrected chi connectivity index (χ4v) is 4.28. The Morgan fingerprint density at radius 1 is 0.828 bits per heavy atom. The van der Waals surface area contributed by atoms with E-state index in [4.69, 9.17) is 14.1 Å². The number of hydrogen-bond acceptors (Lipinski definition) is 3. The van der Waals surface area contributed by atoms with E-state index in [-0.39, 0.29) is 0 Å². The molecule has 0 aliphatic heterocycles. The van der Waals surface area contributed by atoms with Crippen LogP contribution in [0.15, 0.2) is 77.2 Å². The number of aryl methyl sites for hydroxylation is 1. The summed E-state index contributed by atoms with van der Waals surface area (Å²) in [6, 6.07) is 24.8. The van der Waals surface area contributed by atoms with Gasteiger partial charge in [-0.2, -0.15) is 0 Å². The van der Waals surface area contributed by atoms with Crippen LogP contribution in [0.2, 0.25) is 0 Å². The van der Waals surface area contributed by atoms with Crippen molar-refractivity contribution in [1.29, 1.82) is 0 Å². The summed E-state index contributed by atoms with van der Waals surface area (Å²) in [7, 11) is 1.69. The van der Waals surface area contributed by atoms with Crippen LogP contribution in [0.1, 0.15) is 5.69 Å². The molecule has 0 spiro atoms. The molecule has 4 nitrogen and oxygen atoms in total. The molecule has 0 aliphatic carbocycles. The smallest absolute Gasteiger partial charge is 0.160 e. The molecular formula is C25H18N2O2. The number of fused-ring (bicyclic) bond motifs is 7. The summed E-state index contributed by atoms with van der Waals surface area (Å²) in [5.74, 6) is 1.68. The molecule has 4 heteroatoms. The van der Waals surface area contributed by atoms with Crippen LogP contribution in [0.3, 0.4) is 0 Å². The summed E-state index contributed by atoms with van der Waals surface area (Å²) in [5.41, 5.74) is 4.81. The minimum atomic E-state index is 0.815. The van der Waals surface area contributed by atoms with Crippen molar-refractivity contribution in [3.05, 3.63) is 78.5 Å². The Hall–Kier alpha value is -3.79. The summed E-state index contributed by atoms with van der Waals surface area (Å²) >= 11 is 0. The molecule has 29 heavy (non-hydrogen) atoms. The Kier molecular flexibility index (Phi) is 3.27. The van der Waals surface area contributed by atoms with Crippen molar-refractivity contribution in [2.75, 3.05) is 7.11 Å². The van der Waals surface area contributed by atoms with Gasteiger partial charge in [-0.15, -0.1) is 0 Å². The van der Waals surface area contributed by atoms with Crippen molar-refractivity contribution in [1.82, 2.24) is 9.55 Å². The second-order valence-electron chi connectivity index (χ2n) is 7.29. The molecule has 0 unspecified atom stereocenters. The number of furan rings is 1. The van der Waals surface area contributed by atoms with E-state index in [9.17, 15) is 0 Å². The van der Waals surface area contributed by atoms with Crippen molar-refractivity contribution in [3.8, 4) is 11.6 Å². The van der Waals surface area contributed by atoms with Crippen molar-refractivity contribution in [3.63, 3.8) is 0 Å². The fraction of sp³-hybridized carbons (Fsp3) is 0.0800. The number of ether oxygens (including phenoxy) is 1. The van der Waals surface area contributed by atoms with Gasteiger partial charge in [-0.05, 0) is 43.3 Å². The van der Waals surface area contributed by atoms with Crippen molar-refractivity contribution in [2.45, 2.75) is 6.92 Å².